The van der Waals surface area contributed by atoms with Crippen molar-refractivity contribution in [2.45, 2.75) is 27.3 Å². The number of aryl methyl sites for hydroxylation is 3. The highest BCUT2D eigenvalue weighted by Gasteiger charge is 2.16. The topological polar surface area (TPSA) is 76.6 Å². The molecule has 1 amide bonds. The van der Waals surface area contributed by atoms with Crippen molar-refractivity contribution in [2.24, 2.45) is 5.10 Å². The van der Waals surface area contributed by atoms with Crippen LogP contribution in [0.4, 0.5) is 0 Å². The minimum absolute atomic E-state index is 0.344. The van der Waals surface area contributed by atoms with Gasteiger partial charge in [-0.05, 0) is 38.5 Å². The molecular weight excluding hydrogens is 400 g/mol. The molecular formula is C22H21ClN6O. The second-order valence-electron chi connectivity index (χ2n) is 7.11. The summed E-state index contributed by atoms with van der Waals surface area (Å²) >= 11 is 6.51. The number of hydrogen-bond donors (Lipinski definition) is 1. The number of amides is 1. The number of fused-ring (bicyclic) bond motifs is 1. The molecule has 4 aromatic rings. The van der Waals surface area contributed by atoms with Crippen molar-refractivity contribution in [3.8, 4) is 0 Å². The fourth-order valence-electron chi connectivity index (χ4n) is 3.28. The molecule has 0 saturated heterocycles. The molecule has 3 heterocycles. The van der Waals surface area contributed by atoms with Gasteiger partial charge in [-0.15, -0.1) is 0 Å². The van der Waals surface area contributed by atoms with Crippen LogP contribution in [0.5, 0.6) is 0 Å². The van der Waals surface area contributed by atoms with Crippen molar-refractivity contribution in [3.63, 3.8) is 0 Å². The Kier molecular flexibility index (Phi) is 5.37. The van der Waals surface area contributed by atoms with Crippen molar-refractivity contribution in [1.82, 2.24) is 24.6 Å². The lowest BCUT2D eigenvalue weighted by molar-refractivity contribution is 0.0948. The normalized spacial score (nSPS) is 11.5. The molecule has 4 rings (SSSR count). The number of carbonyl (C=O) groups excluding carboxylic acids is 1. The van der Waals surface area contributed by atoms with Crippen LogP contribution in [-0.4, -0.2) is 31.3 Å². The predicted molar refractivity (Wildman–Crippen MR) is 117 cm³/mol. The molecule has 3 aromatic heterocycles. The molecule has 0 spiro atoms. The van der Waals surface area contributed by atoms with Gasteiger partial charge in [-0.25, -0.2) is 15.1 Å². The maximum atomic E-state index is 12.6. The Labute approximate surface area is 179 Å². The van der Waals surface area contributed by atoms with Gasteiger partial charge in [0.05, 0.1) is 29.7 Å². The van der Waals surface area contributed by atoms with Crippen LogP contribution in [0.15, 0.2) is 53.8 Å². The Morgan fingerprint density at radius 2 is 1.90 bits per heavy atom. The first-order valence-corrected chi connectivity index (χ1v) is 9.87. The van der Waals surface area contributed by atoms with Gasteiger partial charge in [0.2, 0.25) is 0 Å². The van der Waals surface area contributed by atoms with Gasteiger partial charge in [0.1, 0.15) is 16.5 Å². The standard InChI is InChI=1S/C22H21ClN6O/c1-14-7-9-17(10-8-14)13-29-21(23)18(15(2)27-29)12-24-26-22(30)20-16(3)25-19-6-4-5-11-28(19)20/h4-12H,13H2,1-3H3,(H,26,30)/b24-12-. The second-order valence-corrected chi connectivity index (χ2v) is 7.46. The summed E-state index contributed by atoms with van der Waals surface area (Å²) in [6.07, 6.45) is 3.32. The summed E-state index contributed by atoms with van der Waals surface area (Å²) in [5.41, 5.74) is 8.05. The van der Waals surface area contributed by atoms with Gasteiger partial charge < -0.3 is 0 Å². The lowest BCUT2D eigenvalue weighted by atomic mass is 10.1. The Hall–Kier alpha value is -3.45. The average Bonchev–Trinajstić information content (AvgIpc) is 3.19. The number of rotatable bonds is 5. The van der Waals surface area contributed by atoms with Crippen LogP contribution in [0, 0.1) is 20.8 Å². The van der Waals surface area contributed by atoms with E-state index in [2.05, 4.69) is 44.9 Å². The van der Waals surface area contributed by atoms with Crippen LogP contribution in [-0.2, 0) is 6.54 Å². The molecule has 30 heavy (non-hydrogen) atoms. The summed E-state index contributed by atoms with van der Waals surface area (Å²) in [7, 11) is 0. The van der Waals surface area contributed by atoms with Gasteiger partial charge in [-0.3, -0.25) is 9.20 Å². The summed E-state index contributed by atoms with van der Waals surface area (Å²) in [5, 5.41) is 9.06. The third kappa shape index (κ3) is 3.84. The summed E-state index contributed by atoms with van der Waals surface area (Å²) in [5.74, 6) is -0.344. The van der Waals surface area contributed by atoms with E-state index in [1.807, 2.05) is 32.0 Å². The highest BCUT2D eigenvalue weighted by molar-refractivity contribution is 6.32. The molecule has 0 fully saturated rings. The van der Waals surface area contributed by atoms with Crippen molar-refractivity contribution < 1.29 is 4.79 Å². The van der Waals surface area contributed by atoms with E-state index in [1.165, 1.54) is 11.8 Å². The molecule has 0 radical (unpaired) electrons. The summed E-state index contributed by atoms with van der Waals surface area (Å²) in [6, 6.07) is 13.8. The van der Waals surface area contributed by atoms with Crippen molar-refractivity contribution in [1.29, 1.82) is 0 Å². The molecule has 0 aliphatic rings. The summed E-state index contributed by atoms with van der Waals surface area (Å²) in [4.78, 5) is 17.0. The van der Waals surface area contributed by atoms with E-state index in [0.717, 1.165) is 11.3 Å². The van der Waals surface area contributed by atoms with Crippen LogP contribution in [0.25, 0.3) is 5.65 Å². The molecule has 0 aliphatic heterocycles. The molecule has 1 aromatic carbocycles. The van der Waals surface area contributed by atoms with Crippen LogP contribution in [0.3, 0.4) is 0 Å². The summed E-state index contributed by atoms with van der Waals surface area (Å²) < 4.78 is 3.46. The Morgan fingerprint density at radius 1 is 1.13 bits per heavy atom. The first-order valence-electron chi connectivity index (χ1n) is 9.49. The quantitative estimate of drug-likeness (QED) is 0.392. The van der Waals surface area contributed by atoms with Gasteiger partial charge in [-0.2, -0.15) is 10.2 Å². The lowest BCUT2D eigenvalue weighted by Crippen LogP contribution is -2.20. The van der Waals surface area contributed by atoms with Crippen molar-refractivity contribution >= 4 is 29.4 Å². The number of benzene rings is 1. The van der Waals surface area contributed by atoms with Crippen molar-refractivity contribution in [2.75, 3.05) is 0 Å². The number of pyridine rings is 1. The fourth-order valence-corrected chi connectivity index (χ4v) is 3.56. The lowest BCUT2D eigenvalue weighted by Gasteiger charge is -2.04. The minimum atomic E-state index is -0.344. The highest BCUT2D eigenvalue weighted by Crippen LogP contribution is 2.19. The smallest absolute Gasteiger partial charge is 0.290 e. The zero-order chi connectivity index (χ0) is 21.3. The Bertz CT molecular complexity index is 1250. The van der Waals surface area contributed by atoms with Gasteiger partial charge >= 0.3 is 0 Å². The van der Waals surface area contributed by atoms with E-state index in [0.29, 0.717) is 34.3 Å². The summed E-state index contributed by atoms with van der Waals surface area (Å²) in [6.45, 7) is 6.25. The second kappa shape index (κ2) is 8.12. The van der Waals surface area contributed by atoms with E-state index in [-0.39, 0.29) is 5.91 Å². The van der Waals surface area contributed by atoms with E-state index in [9.17, 15) is 4.79 Å². The van der Waals surface area contributed by atoms with E-state index < -0.39 is 0 Å². The number of nitrogens with zero attached hydrogens (tertiary/aromatic N) is 5. The Morgan fingerprint density at radius 3 is 2.67 bits per heavy atom. The SMILES string of the molecule is Cc1ccc(Cn2nc(C)c(/C=N\NC(=O)c3c(C)nc4ccccn34)c2Cl)cc1. The average molecular weight is 421 g/mol. The third-order valence-corrected chi connectivity index (χ3v) is 5.24. The number of carbonyl (C=O) groups is 1. The van der Waals surface area contributed by atoms with Gasteiger partial charge in [0, 0.05) is 6.20 Å². The van der Waals surface area contributed by atoms with Crippen molar-refractivity contribution in [3.05, 3.63) is 87.6 Å². The molecule has 0 saturated carbocycles. The third-order valence-electron chi connectivity index (χ3n) is 4.84. The molecule has 0 atom stereocenters. The van der Waals surface area contributed by atoms with Crippen LogP contribution in [0.2, 0.25) is 5.15 Å². The van der Waals surface area contributed by atoms with Gasteiger partial charge in [0.15, 0.2) is 0 Å². The fraction of sp³-hybridized carbons (Fsp3) is 0.182. The molecule has 0 aliphatic carbocycles. The largest absolute Gasteiger partial charge is 0.295 e. The molecule has 1 N–H and O–H groups in total. The maximum absolute atomic E-state index is 12.6. The molecule has 0 unspecified atom stereocenters. The van der Waals surface area contributed by atoms with Crippen LogP contribution < -0.4 is 5.43 Å². The zero-order valence-electron chi connectivity index (χ0n) is 16.9. The van der Waals surface area contributed by atoms with E-state index in [4.69, 9.17) is 11.6 Å². The number of imidazole rings is 1. The first kappa shape index (κ1) is 19.8. The number of nitrogens with one attached hydrogen (secondary N) is 1. The monoisotopic (exact) mass is 420 g/mol. The molecule has 0 bridgehead atoms. The number of hydrogen-bond acceptors (Lipinski definition) is 4. The molecule has 8 heteroatoms. The van der Waals surface area contributed by atoms with Gasteiger partial charge in [0.25, 0.3) is 5.91 Å². The maximum Gasteiger partial charge on any atom is 0.290 e. The molecule has 7 nitrogen and oxygen atoms in total. The number of halogens is 1. The zero-order valence-corrected chi connectivity index (χ0v) is 17.7. The van der Waals surface area contributed by atoms with Gasteiger partial charge in [-0.1, -0.05) is 47.5 Å². The number of aromatic nitrogens is 4. The minimum Gasteiger partial charge on any atom is -0.295 e. The Balaban J connectivity index is 1.51. The predicted octanol–water partition coefficient (Wildman–Crippen LogP) is 3.92. The van der Waals surface area contributed by atoms with E-state index >= 15 is 0 Å². The highest BCUT2D eigenvalue weighted by atomic mass is 35.5. The van der Waals surface area contributed by atoms with Crippen LogP contribution in [0.1, 0.15) is 38.6 Å². The van der Waals surface area contributed by atoms with Crippen LogP contribution >= 0.6 is 11.6 Å². The molecule has 152 valence electrons. The first-order chi connectivity index (χ1) is 14.4. The number of hydrazone groups is 1. The van der Waals surface area contributed by atoms with E-state index in [1.54, 1.807) is 22.2 Å².